The zero-order chi connectivity index (χ0) is 19.9. The fraction of sp³-hybridized carbons (Fsp3) is 0.0952. The van der Waals surface area contributed by atoms with Gasteiger partial charge in [0.05, 0.1) is 24.7 Å². The molecule has 0 saturated heterocycles. The molecule has 0 atom stereocenters. The van der Waals surface area contributed by atoms with Gasteiger partial charge in [-0.25, -0.2) is 10.3 Å². The highest BCUT2D eigenvalue weighted by atomic mass is 16.6. The summed E-state index contributed by atoms with van der Waals surface area (Å²) in [6.07, 6.45) is 0. The average Bonchev–Trinajstić information content (AvgIpc) is 2.74. The van der Waals surface area contributed by atoms with Crippen molar-refractivity contribution in [3.63, 3.8) is 0 Å². The summed E-state index contributed by atoms with van der Waals surface area (Å²) in [5.74, 6) is 2.20. The Hall–Kier alpha value is -3.87. The zero-order valence-electron chi connectivity index (χ0n) is 15.5. The second kappa shape index (κ2) is 8.68. The van der Waals surface area contributed by atoms with Crippen molar-refractivity contribution in [3.05, 3.63) is 88.5 Å². The first kappa shape index (κ1) is 18.9. The van der Waals surface area contributed by atoms with E-state index in [0.717, 1.165) is 28.4 Å². The molecule has 2 N–H and O–H groups in total. The van der Waals surface area contributed by atoms with Gasteiger partial charge in [-0.2, -0.15) is 0 Å². The number of methoxy groups -OCH3 is 2. The molecule has 0 unspecified atom stereocenters. The van der Waals surface area contributed by atoms with Crippen LogP contribution in [0.15, 0.2) is 72.8 Å². The van der Waals surface area contributed by atoms with E-state index in [2.05, 4.69) is 10.3 Å². The van der Waals surface area contributed by atoms with Gasteiger partial charge in [0.25, 0.3) is 11.5 Å². The highest BCUT2D eigenvalue weighted by molar-refractivity contribution is 6.04. The Bertz CT molecular complexity index is 966. The fourth-order valence-electron chi connectivity index (χ4n) is 2.56. The molecule has 0 aliphatic heterocycles. The van der Waals surface area contributed by atoms with Crippen molar-refractivity contribution in [3.8, 4) is 11.5 Å². The molecule has 3 rings (SSSR count). The Morgan fingerprint density at radius 1 is 0.857 bits per heavy atom. The molecular weight excluding hydrogens is 358 g/mol. The third kappa shape index (κ3) is 4.64. The SMILES string of the molecule is COc1ccc(NC(=[NH+]c2ccc(OC)cc2)c2ccc([N+](=O)[O-])cc2)cc1. The maximum Gasteiger partial charge on any atom is 0.285 e. The summed E-state index contributed by atoms with van der Waals surface area (Å²) in [4.78, 5) is 13.8. The molecule has 7 heteroatoms. The second-order valence-electron chi connectivity index (χ2n) is 5.89. The number of non-ortho nitro benzene ring substituents is 1. The van der Waals surface area contributed by atoms with Gasteiger partial charge in [0.2, 0.25) is 0 Å². The summed E-state index contributed by atoms with van der Waals surface area (Å²) in [5.41, 5.74) is 2.50. The van der Waals surface area contributed by atoms with Crippen LogP contribution in [0.3, 0.4) is 0 Å². The van der Waals surface area contributed by atoms with Crippen molar-refractivity contribution in [2.45, 2.75) is 0 Å². The Balaban J connectivity index is 1.96. The summed E-state index contributed by atoms with van der Waals surface area (Å²) in [6.45, 7) is 0. The van der Waals surface area contributed by atoms with E-state index in [4.69, 9.17) is 9.47 Å². The van der Waals surface area contributed by atoms with Crippen LogP contribution in [-0.4, -0.2) is 25.0 Å². The lowest BCUT2D eigenvalue weighted by Gasteiger charge is -2.06. The average molecular weight is 378 g/mol. The minimum absolute atomic E-state index is 0.0389. The lowest BCUT2D eigenvalue weighted by atomic mass is 10.1. The van der Waals surface area contributed by atoms with Crippen LogP contribution in [-0.2, 0) is 0 Å². The Kier molecular flexibility index (Phi) is 5.86. The predicted molar refractivity (Wildman–Crippen MR) is 107 cm³/mol. The van der Waals surface area contributed by atoms with E-state index < -0.39 is 4.92 Å². The number of nitro groups is 1. The highest BCUT2D eigenvalue weighted by Crippen LogP contribution is 2.17. The van der Waals surface area contributed by atoms with Crippen LogP contribution < -0.4 is 19.8 Å². The monoisotopic (exact) mass is 378 g/mol. The molecule has 0 bridgehead atoms. The molecule has 3 aromatic carbocycles. The van der Waals surface area contributed by atoms with Crippen molar-refractivity contribution in [1.82, 2.24) is 0 Å². The van der Waals surface area contributed by atoms with Crippen LogP contribution in [0.1, 0.15) is 5.56 Å². The van der Waals surface area contributed by atoms with Crippen molar-refractivity contribution < 1.29 is 19.4 Å². The van der Waals surface area contributed by atoms with Crippen LogP contribution in [0.4, 0.5) is 17.1 Å². The molecule has 0 aliphatic carbocycles. The first-order valence-corrected chi connectivity index (χ1v) is 8.53. The van der Waals surface area contributed by atoms with E-state index in [-0.39, 0.29) is 5.69 Å². The molecule has 28 heavy (non-hydrogen) atoms. The van der Waals surface area contributed by atoms with E-state index >= 15 is 0 Å². The molecule has 0 fully saturated rings. The number of ether oxygens (including phenoxy) is 2. The fourth-order valence-corrected chi connectivity index (χ4v) is 2.56. The van der Waals surface area contributed by atoms with Crippen LogP contribution >= 0.6 is 0 Å². The Labute approximate surface area is 162 Å². The van der Waals surface area contributed by atoms with Crippen LogP contribution in [0.2, 0.25) is 0 Å². The number of benzene rings is 3. The quantitative estimate of drug-likeness (QED) is 0.298. The first-order valence-electron chi connectivity index (χ1n) is 8.53. The lowest BCUT2D eigenvalue weighted by molar-refractivity contribution is -0.384. The standard InChI is InChI=1S/C21H19N3O4/c1-27-19-11-5-16(6-12-19)22-21(15-3-9-18(10-4-15)24(25)26)23-17-7-13-20(28-2)14-8-17/h3-14H,1-2H3,(H,22,23)/p+1. The zero-order valence-corrected chi connectivity index (χ0v) is 15.5. The molecule has 0 aliphatic rings. The van der Waals surface area contributed by atoms with Crippen molar-refractivity contribution >= 4 is 22.9 Å². The molecule has 3 aromatic rings. The van der Waals surface area contributed by atoms with Gasteiger partial charge in [-0.1, -0.05) is 0 Å². The van der Waals surface area contributed by atoms with E-state index in [0.29, 0.717) is 5.84 Å². The summed E-state index contributed by atoms with van der Waals surface area (Å²) < 4.78 is 10.4. The molecule has 142 valence electrons. The number of nitro benzene ring substituents is 1. The predicted octanol–water partition coefficient (Wildman–Crippen LogP) is 2.88. The van der Waals surface area contributed by atoms with Gasteiger partial charge in [0.15, 0.2) is 0 Å². The van der Waals surface area contributed by atoms with Gasteiger partial charge in [-0.05, 0) is 60.7 Å². The van der Waals surface area contributed by atoms with E-state index in [1.54, 1.807) is 26.4 Å². The lowest BCUT2D eigenvalue weighted by Crippen LogP contribution is -2.68. The van der Waals surface area contributed by atoms with Gasteiger partial charge in [0.1, 0.15) is 22.9 Å². The van der Waals surface area contributed by atoms with Gasteiger partial charge in [-0.3, -0.25) is 10.1 Å². The molecular formula is C21H20N3O4+. The molecule has 0 aromatic heterocycles. The number of rotatable bonds is 6. The van der Waals surface area contributed by atoms with Gasteiger partial charge >= 0.3 is 0 Å². The minimum atomic E-state index is -0.419. The summed E-state index contributed by atoms with van der Waals surface area (Å²) >= 11 is 0. The summed E-state index contributed by atoms with van der Waals surface area (Å²) in [7, 11) is 3.23. The minimum Gasteiger partial charge on any atom is -0.497 e. The molecule has 0 amide bonds. The largest absolute Gasteiger partial charge is 0.497 e. The molecule has 0 saturated carbocycles. The molecule has 7 nitrogen and oxygen atoms in total. The van der Waals surface area contributed by atoms with Crippen LogP contribution in [0, 0.1) is 10.1 Å². The topological polar surface area (TPSA) is 87.6 Å². The second-order valence-corrected chi connectivity index (χ2v) is 5.89. The van der Waals surface area contributed by atoms with Crippen molar-refractivity contribution in [2.75, 3.05) is 19.5 Å². The summed E-state index contributed by atoms with van der Waals surface area (Å²) in [5, 5.41) is 14.2. The van der Waals surface area contributed by atoms with E-state index in [1.165, 1.54) is 12.1 Å². The van der Waals surface area contributed by atoms with Gasteiger partial charge in [-0.15, -0.1) is 0 Å². The summed E-state index contributed by atoms with van der Waals surface area (Å²) in [6, 6.07) is 21.3. The van der Waals surface area contributed by atoms with Crippen molar-refractivity contribution in [2.24, 2.45) is 0 Å². The smallest absolute Gasteiger partial charge is 0.285 e. The highest BCUT2D eigenvalue weighted by Gasteiger charge is 2.14. The third-order valence-corrected chi connectivity index (χ3v) is 4.09. The van der Waals surface area contributed by atoms with E-state index in [1.807, 2.05) is 48.5 Å². The number of amidine groups is 1. The number of nitrogens with zero attached hydrogens (tertiary/aromatic N) is 1. The molecule has 0 heterocycles. The number of hydrogen-bond donors (Lipinski definition) is 2. The first-order chi connectivity index (χ1) is 13.6. The molecule has 0 spiro atoms. The van der Waals surface area contributed by atoms with E-state index in [9.17, 15) is 10.1 Å². The van der Waals surface area contributed by atoms with Crippen LogP contribution in [0.5, 0.6) is 11.5 Å². The maximum atomic E-state index is 10.9. The third-order valence-electron chi connectivity index (χ3n) is 4.09. The number of hydrogen-bond acceptors (Lipinski definition) is 4. The van der Waals surface area contributed by atoms with Gasteiger partial charge in [0, 0.05) is 12.1 Å². The van der Waals surface area contributed by atoms with Crippen molar-refractivity contribution in [1.29, 1.82) is 0 Å². The number of anilines is 1. The Morgan fingerprint density at radius 2 is 1.39 bits per heavy atom. The normalized spacial score (nSPS) is 11.0. The maximum absolute atomic E-state index is 10.9. The number of nitrogens with one attached hydrogen (secondary N) is 2. The Morgan fingerprint density at radius 3 is 1.89 bits per heavy atom. The molecule has 0 radical (unpaired) electrons. The van der Waals surface area contributed by atoms with Crippen LogP contribution in [0.25, 0.3) is 0 Å². The van der Waals surface area contributed by atoms with Gasteiger partial charge < -0.3 is 9.47 Å².